The molecular formula is C20H30N2O2. The number of carbonyl (C=O) groups is 1. The van der Waals surface area contributed by atoms with Gasteiger partial charge in [0, 0.05) is 41.8 Å². The number of aromatic nitrogens is 1. The molecule has 1 N–H and O–H groups in total. The predicted molar refractivity (Wildman–Crippen MR) is 99.5 cm³/mol. The number of nitrogens with one attached hydrogen (secondary N) is 1. The largest absolute Gasteiger partial charge is 0.426 e. The van der Waals surface area contributed by atoms with Crippen molar-refractivity contribution in [3.05, 3.63) is 30.0 Å². The van der Waals surface area contributed by atoms with E-state index >= 15 is 0 Å². The highest BCUT2D eigenvalue weighted by atomic mass is 16.5. The Balaban J connectivity index is 2.12. The van der Waals surface area contributed by atoms with Crippen LogP contribution in [0.25, 0.3) is 10.9 Å². The van der Waals surface area contributed by atoms with Crippen molar-refractivity contribution in [3.8, 4) is 5.75 Å². The van der Waals surface area contributed by atoms with Gasteiger partial charge in [-0.05, 0) is 51.8 Å². The molecule has 0 bridgehead atoms. The first-order chi connectivity index (χ1) is 11.3. The molecule has 4 nitrogen and oxygen atoms in total. The van der Waals surface area contributed by atoms with Gasteiger partial charge in [0.25, 0.3) is 0 Å². The smallest absolute Gasteiger partial charge is 0.313 e. The summed E-state index contributed by atoms with van der Waals surface area (Å²) in [6, 6.07) is 6.90. The number of hydrogen-bond donors (Lipinski definition) is 1. The summed E-state index contributed by atoms with van der Waals surface area (Å²) < 4.78 is 5.39. The minimum atomic E-state index is -0.203. The van der Waals surface area contributed by atoms with Crippen LogP contribution in [0.3, 0.4) is 0 Å². The second-order valence-electron chi connectivity index (χ2n) is 7.27. The monoisotopic (exact) mass is 330 g/mol. The number of nitrogens with zero attached hydrogens (tertiary/aromatic N) is 1. The van der Waals surface area contributed by atoms with E-state index < -0.39 is 0 Å². The Morgan fingerprint density at radius 1 is 1.12 bits per heavy atom. The van der Waals surface area contributed by atoms with Gasteiger partial charge < -0.3 is 9.72 Å². The van der Waals surface area contributed by atoms with Crippen LogP contribution >= 0.6 is 0 Å². The molecule has 0 aliphatic rings. The summed E-state index contributed by atoms with van der Waals surface area (Å²) in [5, 5.41) is 1.20. The molecule has 4 heteroatoms. The molecule has 0 saturated carbocycles. The first kappa shape index (κ1) is 18.5. The van der Waals surface area contributed by atoms with E-state index in [1.54, 1.807) is 0 Å². The van der Waals surface area contributed by atoms with E-state index in [9.17, 15) is 4.79 Å². The van der Waals surface area contributed by atoms with E-state index in [0.29, 0.717) is 17.8 Å². The summed E-state index contributed by atoms with van der Waals surface area (Å²) in [7, 11) is 0. The molecule has 0 aliphatic carbocycles. The molecule has 1 aromatic carbocycles. The number of esters is 1. The molecule has 0 saturated heterocycles. The van der Waals surface area contributed by atoms with E-state index in [1.165, 1.54) is 10.9 Å². The van der Waals surface area contributed by atoms with Gasteiger partial charge in [-0.25, -0.2) is 0 Å². The normalized spacial score (nSPS) is 12.1. The highest BCUT2D eigenvalue weighted by Gasteiger charge is 2.15. The van der Waals surface area contributed by atoms with Crippen LogP contribution in [0.1, 0.15) is 47.1 Å². The fraction of sp³-hybridized carbons (Fsp3) is 0.550. The molecule has 24 heavy (non-hydrogen) atoms. The van der Waals surface area contributed by atoms with Crippen molar-refractivity contribution in [1.29, 1.82) is 0 Å². The van der Waals surface area contributed by atoms with E-state index in [2.05, 4.69) is 43.8 Å². The lowest BCUT2D eigenvalue weighted by Gasteiger charge is -2.30. The molecule has 0 unspecified atom stereocenters. The first-order valence-electron chi connectivity index (χ1n) is 8.87. The van der Waals surface area contributed by atoms with Crippen LogP contribution in [0.15, 0.2) is 24.4 Å². The average Bonchev–Trinajstić information content (AvgIpc) is 2.89. The third-order valence-electron chi connectivity index (χ3n) is 4.39. The number of fused-ring (bicyclic) bond motifs is 1. The van der Waals surface area contributed by atoms with Gasteiger partial charge in [-0.15, -0.1) is 0 Å². The molecular weight excluding hydrogens is 300 g/mol. The zero-order chi connectivity index (χ0) is 17.9. The van der Waals surface area contributed by atoms with Crippen molar-refractivity contribution in [2.24, 2.45) is 5.92 Å². The maximum atomic E-state index is 11.7. The van der Waals surface area contributed by atoms with Gasteiger partial charge in [0.15, 0.2) is 0 Å². The number of carbonyl (C=O) groups excluding carboxylic acids is 1. The zero-order valence-corrected chi connectivity index (χ0v) is 15.7. The summed E-state index contributed by atoms with van der Waals surface area (Å²) in [5.41, 5.74) is 2.32. The molecule has 2 aromatic rings. The van der Waals surface area contributed by atoms with Gasteiger partial charge in [-0.1, -0.05) is 13.8 Å². The van der Waals surface area contributed by atoms with Crippen molar-refractivity contribution in [2.45, 2.75) is 60.0 Å². The van der Waals surface area contributed by atoms with E-state index in [-0.39, 0.29) is 11.9 Å². The second kappa shape index (κ2) is 7.84. The number of aromatic amines is 1. The minimum Gasteiger partial charge on any atom is -0.426 e. The lowest BCUT2D eigenvalue weighted by atomic mass is 10.1. The summed E-state index contributed by atoms with van der Waals surface area (Å²) >= 11 is 0. The molecule has 0 aliphatic heterocycles. The first-order valence-corrected chi connectivity index (χ1v) is 8.87. The van der Waals surface area contributed by atoms with Crippen molar-refractivity contribution < 1.29 is 9.53 Å². The third kappa shape index (κ3) is 4.38. The van der Waals surface area contributed by atoms with E-state index in [0.717, 1.165) is 18.5 Å². The second-order valence-corrected chi connectivity index (χ2v) is 7.27. The molecule has 1 heterocycles. The Morgan fingerprint density at radius 2 is 1.79 bits per heavy atom. The standard InChI is InChI=1S/C20H30N2O2/c1-13(2)20(23)24-17-7-8-18-16(12-21-19(18)11-17)9-10-22(14(3)4)15(5)6/h7-8,11-15,21H,9-10H2,1-6H3. The van der Waals surface area contributed by atoms with Crippen LogP contribution in [0, 0.1) is 5.92 Å². The Morgan fingerprint density at radius 3 is 2.38 bits per heavy atom. The Bertz CT molecular complexity index is 678. The Kier molecular flexibility index (Phi) is 6.05. The fourth-order valence-electron chi connectivity index (χ4n) is 3.03. The predicted octanol–water partition coefficient (Wildman–Crippen LogP) is 4.39. The molecule has 1 aromatic heterocycles. The minimum absolute atomic E-state index is 0.127. The molecule has 2 rings (SSSR count). The number of benzene rings is 1. The summed E-state index contributed by atoms with van der Waals surface area (Å²) in [6.45, 7) is 13.7. The van der Waals surface area contributed by atoms with Gasteiger partial charge in [0.1, 0.15) is 5.75 Å². The SMILES string of the molecule is CC(C)C(=O)Oc1ccc2c(CCN(C(C)C)C(C)C)c[nH]c2c1. The number of rotatable bonds is 7. The summed E-state index contributed by atoms with van der Waals surface area (Å²) in [4.78, 5) is 17.5. The topological polar surface area (TPSA) is 45.3 Å². The van der Waals surface area contributed by atoms with Gasteiger partial charge in [0.2, 0.25) is 0 Å². The van der Waals surface area contributed by atoms with Crippen LogP contribution in [0.5, 0.6) is 5.75 Å². The van der Waals surface area contributed by atoms with E-state index in [1.807, 2.05) is 32.0 Å². The van der Waals surface area contributed by atoms with Crippen molar-refractivity contribution in [3.63, 3.8) is 0 Å². The zero-order valence-electron chi connectivity index (χ0n) is 15.7. The van der Waals surface area contributed by atoms with Crippen molar-refractivity contribution in [1.82, 2.24) is 9.88 Å². The number of ether oxygens (including phenoxy) is 1. The van der Waals surface area contributed by atoms with Crippen molar-refractivity contribution >= 4 is 16.9 Å². The molecule has 0 amide bonds. The fourth-order valence-corrected chi connectivity index (χ4v) is 3.03. The number of hydrogen-bond acceptors (Lipinski definition) is 3. The van der Waals surface area contributed by atoms with Gasteiger partial charge in [-0.2, -0.15) is 0 Å². The molecule has 0 spiro atoms. The maximum absolute atomic E-state index is 11.7. The van der Waals surface area contributed by atoms with Gasteiger partial charge in [0.05, 0.1) is 5.92 Å². The quantitative estimate of drug-likeness (QED) is 0.605. The molecule has 0 atom stereocenters. The van der Waals surface area contributed by atoms with Crippen molar-refractivity contribution in [2.75, 3.05) is 6.54 Å². The molecule has 132 valence electrons. The third-order valence-corrected chi connectivity index (χ3v) is 4.39. The van der Waals surface area contributed by atoms with Crippen LogP contribution in [0.2, 0.25) is 0 Å². The average molecular weight is 330 g/mol. The molecule has 0 radical (unpaired) electrons. The van der Waals surface area contributed by atoms with Crippen LogP contribution in [-0.2, 0) is 11.2 Å². The summed E-state index contributed by atoms with van der Waals surface area (Å²) in [6.07, 6.45) is 3.07. The van der Waals surface area contributed by atoms with Crippen LogP contribution < -0.4 is 4.74 Å². The summed E-state index contributed by atoms with van der Waals surface area (Å²) in [5.74, 6) is 0.268. The Labute approximate surface area is 145 Å². The van der Waals surface area contributed by atoms with Crippen LogP contribution in [-0.4, -0.2) is 34.5 Å². The van der Waals surface area contributed by atoms with Gasteiger partial charge in [-0.3, -0.25) is 9.69 Å². The highest BCUT2D eigenvalue weighted by Crippen LogP contribution is 2.24. The Hall–Kier alpha value is -1.81. The maximum Gasteiger partial charge on any atom is 0.313 e. The highest BCUT2D eigenvalue weighted by molar-refractivity contribution is 5.85. The van der Waals surface area contributed by atoms with Gasteiger partial charge >= 0.3 is 5.97 Å². The number of H-pyrrole nitrogens is 1. The van der Waals surface area contributed by atoms with E-state index in [4.69, 9.17) is 4.74 Å². The lowest BCUT2D eigenvalue weighted by molar-refractivity contribution is -0.137. The molecule has 0 fully saturated rings. The van der Waals surface area contributed by atoms with Crippen LogP contribution in [0.4, 0.5) is 0 Å². The lowest BCUT2D eigenvalue weighted by Crippen LogP contribution is -2.38.